The second kappa shape index (κ2) is 10.9. The molecule has 0 bridgehead atoms. The second-order valence-electron chi connectivity index (χ2n) is 10.3. The molecule has 2 heterocycles. The third-order valence-electron chi connectivity index (χ3n) is 7.46. The molecule has 210 valence electrons. The van der Waals surface area contributed by atoms with Crippen molar-refractivity contribution in [1.29, 1.82) is 0 Å². The number of allylic oxidation sites excluding steroid dienone is 4. The predicted molar refractivity (Wildman–Crippen MR) is 147 cm³/mol. The minimum atomic E-state index is -1.86. The van der Waals surface area contributed by atoms with E-state index in [1.54, 1.807) is 12.2 Å². The van der Waals surface area contributed by atoms with Crippen LogP contribution >= 0.6 is 11.6 Å². The molecule has 0 saturated heterocycles. The lowest BCUT2D eigenvalue weighted by Gasteiger charge is -2.36. The number of hydrogen-bond acceptors (Lipinski definition) is 8. The number of carbonyl (C=O) groups excluding carboxylic acids is 4. The van der Waals surface area contributed by atoms with E-state index in [2.05, 4.69) is 5.43 Å². The highest BCUT2D eigenvalue weighted by Gasteiger charge is 2.57. The van der Waals surface area contributed by atoms with Gasteiger partial charge in [-0.3, -0.25) is 24.8 Å². The van der Waals surface area contributed by atoms with E-state index < -0.39 is 41.1 Å². The monoisotopic (exact) mass is 566 g/mol. The molecule has 1 amide bonds. The van der Waals surface area contributed by atoms with Crippen LogP contribution < -0.4 is 5.43 Å². The molecule has 2 aliphatic heterocycles. The Morgan fingerprint density at radius 3 is 2.42 bits per heavy atom. The van der Waals surface area contributed by atoms with Crippen LogP contribution in [0.1, 0.15) is 51.4 Å². The number of carbonyl (C=O) groups is 4. The first-order valence-electron chi connectivity index (χ1n) is 13.0. The van der Waals surface area contributed by atoms with Gasteiger partial charge in [0.25, 0.3) is 5.91 Å². The fourth-order valence-electron chi connectivity index (χ4n) is 4.54. The molecule has 3 N–H and O–H groups in total. The average Bonchev–Trinajstić information content (AvgIpc) is 3.20. The molecule has 0 radical (unpaired) electrons. The van der Waals surface area contributed by atoms with Crippen molar-refractivity contribution in [3.8, 4) is 5.75 Å². The number of aliphatic hydroxyl groups excluding tert-OH is 1. The first kappa shape index (κ1) is 29.0. The molecule has 0 fully saturated rings. The topological polar surface area (TPSA) is 133 Å². The fourth-order valence-corrected chi connectivity index (χ4v) is 4.88. The zero-order valence-electron chi connectivity index (χ0n) is 22.8. The third kappa shape index (κ3) is 5.02. The minimum Gasteiger partial charge on any atom is -0.508 e. The van der Waals surface area contributed by atoms with Crippen LogP contribution in [0.3, 0.4) is 0 Å². The summed E-state index contributed by atoms with van der Waals surface area (Å²) in [4.78, 5) is 53.0. The van der Waals surface area contributed by atoms with Crippen molar-refractivity contribution in [1.82, 2.24) is 10.4 Å². The maximum Gasteiger partial charge on any atom is 0.343 e. The zero-order chi connectivity index (χ0) is 29.5. The van der Waals surface area contributed by atoms with Crippen molar-refractivity contribution in [2.45, 2.75) is 52.7 Å². The number of benzene rings is 1. The van der Waals surface area contributed by atoms with E-state index >= 15 is 0 Å². The van der Waals surface area contributed by atoms with Crippen molar-refractivity contribution in [2.24, 2.45) is 11.8 Å². The van der Waals surface area contributed by atoms with Gasteiger partial charge in [-0.1, -0.05) is 44.9 Å². The Labute approximate surface area is 237 Å². The minimum absolute atomic E-state index is 0.00533. The summed E-state index contributed by atoms with van der Waals surface area (Å²) in [6.45, 7) is 8.34. The quantitative estimate of drug-likeness (QED) is 0.318. The normalized spacial score (nSPS) is 22.8. The fraction of sp³-hybridized carbons (Fsp3) is 0.333. The SMILES string of the molecule is CC[C@H](C)/C=C/C1=CC2=C(Cl)C(=O)[C@@]3(C)OC(=O)C(C(=O)[C@@H](C)[C@@H](C)O)=C3C2=CN1NC(=O)c1ccc(O)cc1. The molecule has 3 aliphatic rings. The Bertz CT molecular complexity index is 1450. The summed E-state index contributed by atoms with van der Waals surface area (Å²) in [5, 5.41) is 20.9. The molecule has 1 aromatic rings. The number of aromatic hydroxyl groups is 1. The number of rotatable bonds is 8. The smallest absolute Gasteiger partial charge is 0.343 e. The molecule has 10 heteroatoms. The number of esters is 1. The number of aliphatic hydroxyl groups is 1. The molecule has 4 rings (SSSR count). The Kier molecular flexibility index (Phi) is 7.92. The third-order valence-corrected chi connectivity index (χ3v) is 7.83. The van der Waals surface area contributed by atoms with Gasteiger partial charge >= 0.3 is 5.97 Å². The number of ether oxygens (including phenoxy) is 1. The molecule has 4 atom stereocenters. The molecule has 0 spiro atoms. The molecule has 0 unspecified atom stereocenters. The van der Waals surface area contributed by atoms with E-state index in [0.29, 0.717) is 5.70 Å². The Morgan fingerprint density at radius 1 is 1.18 bits per heavy atom. The summed E-state index contributed by atoms with van der Waals surface area (Å²) in [5.74, 6) is -3.57. The lowest BCUT2D eigenvalue weighted by Crippen LogP contribution is -2.45. The van der Waals surface area contributed by atoms with Gasteiger partial charge in [0.05, 0.1) is 16.8 Å². The van der Waals surface area contributed by atoms with E-state index in [9.17, 15) is 29.4 Å². The first-order chi connectivity index (χ1) is 18.8. The highest BCUT2D eigenvalue weighted by molar-refractivity contribution is 6.46. The lowest BCUT2D eigenvalue weighted by atomic mass is 9.74. The van der Waals surface area contributed by atoms with Crippen LogP contribution in [0.2, 0.25) is 0 Å². The van der Waals surface area contributed by atoms with Gasteiger partial charge in [0, 0.05) is 34.4 Å². The standard InChI is InChI=1S/C30H31ClN2O7/c1-6-15(2)7-10-19-13-21-22(14-33(19)32-28(38)18-8-11-20(35)12-9-18)24-23(26(36)16(3)17(4)34)29(39)40-30(24,5)27(37)25(21)31/h7-17,34-35H,6H2,1-5H3,(H,32,38)/b10-7+/t15-,16-,17+,30-/m0/s1. The number of Topliss-reactive ketones (excluding diaryl/α,β-unsaturated/α-hetero) is 2. The van der Waals surface area contributed by atoms with Gasteiger partial charge in [-0.25, -0.2) is 4.79 Å². The zero-order valence-corrected chi connectivity index (χ0v) is 23.6. The number of amides is 1. The molecule has 1 aliphatic carbocycles. The molecule has 9 nitrogen and oxygen atoms in total. The van der Waals surface area contributed by atoms with Crippen LogP contribution in [0.5, 0.6) is 5.75 Å². The molecule has 0 aromatic heterocycles. The highest BCUT2D eigenvalue weighted by atomic mass is 35.5. The van der Waals surface area contributed by atoms with Crippen molar-refractivity contribution < 1.29 is 34.1 Å². The molecular formula is C30H31ClN2O7. The number of phenols is 1. The summed E-state index contributed by atoms with van der Waals surface area (Å²) in [5.41, 5.74) is 1.88. The summed E-state index contributed by atoms with van der Waals surface area (Å²) in [6.07, 6.45) is 6.62. The van der Waals surface area contributed by atoms with Crippen molar-refractivity contribution in [3.63, 3.8) is 0 Å². The van der Waals surface area contributed by atoms with Gasteiger partial charge in [-0.2, -0.15) is 0 Å². The number of phenolic OH excluding ortho intramolecular Hbond substituents is 1. The first-order valence-corrected chi connectivity index (χ1v) is 13.3. The van der Waals surface area contributed by atoms with E-state index in [4.69, 9.17) is 16.3 Å². The van der Waals surface area contributed by atoms with Crippen LogP contribution in [0.4, 0.5) is 0 Å². The van der Waals surface area contributed by atoms with Crippen molar-refractivity contribution in [2.75, 3.05) is 0 Å². The van der Waals surface area contributed by atoms with Gasteiger partial charge in [0.15, 0.2) is 11.4 Å². The average molecular weight is 567 g/mol. The number of halogens is 1. The number of fused-ring (bicyclic) bond motifs is 3. The van der Waals surface area contributed by atoms with Gasteiger partial charge in [0.2, 0.25) is 5.78 Å². The molecule has 0 saturated carbocycles. The Balaban J connectivity index is 1.90. The number of nitrogens with one attached hydrogen (secondary N) is 1. The van der Waals surface area contributed by atoms with Crippen LogP contribution in [-0.4, -0.2) is 50.4 Å². The number of hydrogen-bond donors (Lipinski definition) is 3. The highest BCUT2D eigenvalue weighted by Crippen LogP contribution is 2.50. The van der Waals surface area contributed by atoms with Gasteiger partial charge < -0.3 is 14.9 Å². The summed E-state index contributed by atoms with van der Waals surface area (Å²) < 4.78 is 5.48. The number of nitrogens with zero attached hydrogens (tertiary/aromatic N) is 1. The molecule has 1 aromatic carbocycles. The predicted octanol–water partition coefficient (Wildman–Crippen LogP) is 4.00. The van der Waals surface area contributed by atoms with E-state index in [1.807, 2.05) is 19.9 Å². The lowest BCUT2D eigenvalue weighted by molar-refractivity contribution is -0.153. The van der Waals surface area contributed by atoms with Gasteiger partial charge in [-0.05, 0) is 56.2 Å². The second-order valence-corrected chi connectivity index (χ2v) is 10.7. The number of hydrazine groups is 1. The molecular weight excluding hydrogens is 536 g/mol. The van der Waals surface area contributed by atoms with Crippen LogP contribution in [0.25, 0.3) is 0 Å². The van der Waals surface area contributed by atoms with Gasteiger partial charge in [-0.15, -0.1) is 0 Å². The van der Waals surface area contributed by atoms with Crippen LogP contribution in [0.15, 0.2) is 81.7 Å². The van der Waals surface area contributed by atoms with Crippen LogP contribution in [0, 0.1) is 11.8 Å². The summed E-state index contributed by atoms with van der Waals surface area (Å²) >= 11 is 6.56. The van der Waals surface area contributed by atoms with E-state index in [1.165, 1.54) is 56.2 Å². The van der Waals surface area contributed by atoms with E-state index in [-0.39, 0.29) is 44.6 Å². The Hall–Kier alpha value is -3.95. The number of ketones is 2. The Morgan fingerprint density at radius 2 is 1.82 bits per heavy atom. The van der Waals surface area contributed by atoms with Gasteiger partial charge in [0.1, 0.15) is 11.3 Å². The molecule has 40 heavy (non-hydrogen) atoms. The maximum absolute atomic E-state index is 13.5. The summed E-state index contributed by atoms with van der Waals surface area (Å²) in [6, 6.07) is 5.68. The summed E-state index contributed by atoms with van der Waals surface area (Å²) in [7, 11) is 0. The van der Waals surface area contributed by atoms with Crippen molar-refractivity contribution in [3.05, 3.63) is 87.3 Å². The maximum atomic E-state index is 13.5. The van der Waals surface area contributed by atoms with E-state index in [0.717, 1.165) is 6.42 Å². The largest absolute Gasteiger partial charge is 0.508 e. The van der Waals surface area contributed by atoms with Crippen LogP contribution in [-0.2, 0) is 19.1 Å². The van der Waals surface area contributed by atoms with Crippen molar-refractivity contribution >= 4 is 35.0 Å².